The van der Waals surface area contributed by atoms with Crippen molar-refractivity contribution in [2.24, 2.45) is 0 Å². The molecule has 7 nitrogen and oxygen atoms in total. The van der Waals surface area contributed by atoms with Gasteiger partial charge < -0.3 is 15.3 Å². The molecule has 0 unspecified atom stereocenters. The Kier molecular flexibility index (Phi) is 4.16. The Morgan fingerprint density at radius 1 is 1.05 bits per heavy atom. The normalized spacial score (nSPS) is 11.1. The summed E-state index contributed by atoms with van der Waals surface area (Å²) >= 11 is 5.68. The number of hydrogen-bond acceptors (Lipinski definition) is 5. The summed E-state index contributed by atoms with van der Waals surface area (Å²) in [5.41, 5.74) is -0.445. The third-order valence-corrected chi connectivity index (χ3v) is 4.39. The first-order valence-corrected chi connectivity index (χ1v) is 7.64. The van der Waals surface area contributed by atoms with Crippen molar-refractivity contribution in [1.29, 1.82) is 0 Å². The van der Waals surface area contributed by atoms with Crippen LogP contribution in [-0.4, -0.2) is 29.7 Å². The molecule has 0 atom stereocenters. The number of nitrogens with one attached hydrogen (secondary N) is 1. The van der Waals surface area contributed by atoms with E-state index in [0.29, 0.717) is 0 Å². The van der Waals surface area contributed by atoms with E-state index in [1.54, 1.807) is 0 Å². The lowest BCUT2D eigenvalue weighted by atomic mass is 10.2. The zero-order chi connectivity index (χ0) is 16.5. The van der Waals surface area contributed by atoms with Gasteiger partial charge >= 0.3 is 5.97 Å². The summed E-state index contributed by atoms with van der Waals surface area (Å²) in [7, 11) is -4.08. The minimum atomic E-state index is -4.08. The second kappa shape index (κ2) is 5.74. The summed E-state index contributed by atoms with van der Waals surface area (Å²) in [5.74, 6) is -2.20. The van der Waals surface area contributed by atoms with Crippen molar-refractivity contribution in [1.82, 2.24) is 0 Å². The van der Waals surface area contributed by atoms with E-state index >= 15 is 0 Å². The second-order valence-corrected chi connectivity index (χ2v) is 6.35. The van der Waals surface area contributed by atoms with Crippen molar-refractivity contribution in [2.75, 3.05) is 4.72 Å². The van der Waals surface area contributed by atoms with Crippen LogP contribution in [0.5, 0.6) is 11.5 Å². The molecule has 2 aromatic carbocycles. The molecule has 9 heteroatoms. The van der Waals surface area contributed by atoms with Gasteiger partial charge in [0, 0.05) is 0 Å². The number of rotatable bonds is 4. The van der Waals surface area contributed by atoms with Crippen molar-refractivity contribution in [3.63, 3.8) is 0 Å². The van der Waals surface area contributed by atoms with Gasteiger partial charge in [0.05, 0.1) is 15.6 Å². The summed E-state index contributed by atoms with van der Waals surface area (Å²) in [4.78, 5) is 10.6. The maximum Gasteiger partial charge on any atom is 0.339 e. The number of sulfonamides is 1. The molecule has 0 aliphatic carbocycles. The van der Waals surface area contributed by atoms with Gasteiger partial charge in [0.15, 0.2) is 0 Å². The molecule has 116 valence electrons. The maximum atomic E-state index is 12.2. The number of aromatic hydroxyl groups is 2. The zero-order valence-corrected chi connectivity index (χ0v) is 12.4. The summed E-state index contributed by atoms with van der Waals surface area (Å²) in [5, 5.41) is 27.5. The summed E-state index contributed by atoms with van der Waals surface area (Å²) in [6.45, 7) is 0. The van der Waals surface area contributed by atoms with Gasteiger partial charge in [-0.1, -0.05) is 11.6 Å². The molecule has 0 aliphatic heterocycles. The average Bonchev–Trinajstić information content (AvgIpc) is 2.42. The average molecular weight is 344 g/mol. The van der Waals surface area contributed by atoms with E-state index in [2.05, 4.69) is 4.72 Å². The van der Waals surface area contributed by atoms with E-state index in [4.69, 9.17) is 16.7 Å². The lowest BCUT2D eigenvalue weighted by molar-refractivity contribution is 0.0693. The molecule has 0 spiro atoms. The van der Waals surface area contributed by atoms with Gasteiger partial charge in [-0.05, 0) is 36.4 Å². The number of benzene rings is 2. The predicted molar refractivity (Wildman–Crippen MR) is 79.0 cm³/mol. The fourth-order valence-electron chi connectivity index (χ4n) is 1.64. The summed E-state index contributed by atoms with van der Waals surface area (Å²) in [6.07, 6.45) is 0. The zero-order valence-electron chi connectivity index (χ0n) is 10.8. The van der Waals surface area contributed by atoms with E-state index in [-0.39, 0.29) is 21.4 Å². The molecule has 22 heavy (non-hydrogen) atoms. The third-order valence-electron chi connectivity index (χ3n) is 2.71. The van der Waals surface area contributed by atoms with Crippen LogP contribution in [0.15, 0.2) is 41.3 Å². The molecule has 0 amide bonds. The van der Waals surface area contributed by atoms with Crippen LogP contribution in [0.4, 0.5) is 5.69 Å². The van der Waals surface area contributed by atoms with Crippen LogP contribution in [0, 0.1) is 0 Å². The largest absolute Gasteiger partial charge is 0.507 e. The monoisotopic (exact) mass is 343 g/mol. The van der Waals surface area contributed by atoms with Crippen LogP contribution in [0.25, 0.3) is 0 Å². The molecule has 0 heterocycles. The fraction of sp³-hybridized carbons (Fsp3) is 0. The van der Waals surface area contributed by atoms with E-state index in [1.165, 1.54) is 18.2 Å². The molecule has 0 saturated carbocycles. The van der Waals surface area contributed by atoms with Gasteiger partial charge in [-0.3, -0.25) is 4.72 Å². The molecule has 0 saturated heterocycles. The molecule has 0 aromatic heterocycles. The number of phenols is 2. The van der Waals surface area contributed by atoms with E-state index < -0.39 is 27.3 Å². The molecular formula is C13H10ClNO6S. The Balaban J connectivity index is 2.40. The lowest BCUT2D eigenvalue weighted by Gasteiger charge is -2.10. The Hall–Kier alpha value is -2.45. The molecule has 2 aromatic rings. The first-order valence-electron chi connectivity index (χ1n) is 5.78. The SMILES string of the molecule is O=C(O)c1cc(S(=O)(=O)Nc2ccc(O)c(Cl)c2)ccc1O. The number of halogens is 1. The van der Waals surface area contributed by atoms with Crippen LogP contribution in [0.2, 0.25) is 5.02 Å². The minimum absolute atomic E-state index is 0.0443. The fourth-order valence-corrected chi connectivity index (χ4v) is 2.89. The van der Waals surface area contributed by atoms with Crippen LogP contribution >= 0.6 is 11.6 Å². The van der Waals surface area contributed by atoms with Crippen LogP contribution in [0.1, 0.15) is 10.4 Å². The van der Waals surface area contributed by atoms with Crippen LogP contribution < -0.4 is 4.72 Å². The highest BCUT2D eigenvalue weighted by Crippen LogP contribution is 2.28. The topological polar surface area (TPSA) is 124 Å². The van der Waals surface area contributed by atoms with E-state index in [9.17, 15) is 23.4 Å². The number of carbonyl (C=O) groups is 1. The number of aromatic carboxylic acids is 1. The Morgan fingerprint density at radius 2 is 1.68 bits per heavy atom. The van der Waals surface area contributed by atoms with Crippen molar-refractivity contribution in [3.05, 3.63) is 47.0 Å². The van der Waals surface area contributed by atoms with E-state index in [0.717, 1.165) is 18.2 Å². The molecule has 2 rings (SSSR count). The van der Waals surface area contributed by atoms with Gasteiger partial charge in [-0.25, -0.2) is 13.2 Å². The first-order chi connectivity index (χ1) is 10.2. The number of phenolic OH excluding ortho intramolecular Hbond substituents is 1. The van der Waals surface area contributed by atoms with Gasteiger partial charge in [0.1, 0.15) is 17.1 Å². The number of anilines is 1. The van der Waals surface area contributed by atoms with Gasteiger partial charge in [0.25, 0.3) is 10.0 Å². The molecule has 0 aliphatic rings. The molecule has 0 radical (unpaired) electrons. The summed E-state index contributed by atoms with van der Waals surface area (Å²) in [6, 6.07) is 6.57. The highest BCUT2D eigenvalue weighted by atomic mass is 35.5. The standard InChI is InChI=1S/C13H10ClNO6S/c14-10-5-7(1-3-12(10)17)15-22(20,21)8-2-4-11(16)9(6-8)13(18)19/h1-6,15-17H,(H,18,19). The number of hydrogen-bond donors (Lipinski definition) is 4. The van der Waals surface area contributed by atoms with Crippen LogP contribution in [0.3, 0.4) is 0 Å². The Bertz CT molecular complexity index is 850. The molecule has 4 N–H and O–H groups in total. The molecule has 0 fully saturated rings. The molecular weight excluding hydrogens is 334 g/mol. The van der Waals surface area contributed by atoms with Crippen molar-refractivity contribution >= 4 is 33.3 Å². The van der Waals surface area contributed by atoms with Gasteiger partial charge in [0.2, 0.25) is 0 Å². The quantitative estimate of drug-likeness (QED) is 0.631. The number of carboxylic acids is 1. The van der Waals surface area contributed by atoms with Crippen molar-refractivity contribution < 1.29 is 28.5 Å². The van der Waals surface area contributed by atoms with Crippen molar-refractivity contribution in [2.45, 2.75) is 4.90 Å². The van der Waals surface area contributed by atoms with E-state index in [1.807, 2.05) is 0 Å². The first kappa shape index (κ1) is 15.9. The molecule has 0 bridgehead atoms. The summed E-state index contributed by atoms with van der Waals surface area (Å²) < 4.78 is 26.6. The Labute approximate surface area is 130 Å². The highest BCUT2D eigenvalue weighted by molar-refractivity contribution is 7.92. The third kappa shape index (κ3) is 3.23. The van der Waals surface area contributed by atoms with Gasteiger partial charge in [-0.2, -0.15) is 0 Å². The van der Waals surface area contributed by atoms with Gasteiger partial charge in [-0.15, -0.1) is 0 Å². The smallest absolute Gasteiger partial charge is 0.339 e. The lowest BCUT2D eigenvalue weighted by Crippen LogP contribution is -2.13. The second-order valence-electron chi connectivity index (χ2n) is 4.26. The van der Waals surface area contributed by atoms with Crippen LogP contribution in [-0.2, 0) is 10.0 Å². The predicted octanol–water partition coefficient (Wildman–Crippen LogP) is 2.25. The number of carboxylic acid groups (broad SMARTS) is 1. The minimum Gasteiger partial charge on any atom is -0.507 e. The Morgan fingerprint density at radius 3 is 2.27 bits per heavy atom. The van der Waals surface area contributed by atoms with Crippen molar-refractivity contribution in [3.8, 4) is 11.5 Å². The highest BCUT2D eigenvalue weighted by Gasteiger charge is 2.19. The maximum absolute atomic E-state index is 12.2.